The molecule has 4 nitrogen and oxygen atoms in total. The maximum atomic E-state index is 6.27. The number of hydrogen-bond acceptors (Lipinski definition) is 4. The number of rotatable bonds is 1. The van der Waals surface area contributed by atoms with Crippen molar-refractivity contribution in [1.29, 1.82) is 0 Å². The topological polar surface area (TPSA) is 56.2 Å². The van der Waals surface area contributed by atoms with Crippen molar-refractivity contribution >= 4 is 44.7 Å². The van der Waals surface area contributed by atoms with Gasteiger partial charge in [-0.3, -0.25) is 4.57 Å². The van der Waals surface area contributed by atoms with Crippen LogP contribution in [0.25, 0.3) is 11.0 Å². The molecule has 2 N–H and O–H groups in total. The lowest BCUT2D eigenvalue weighted by Gasteiger charge is -2.34. The van der Waals surface area contributed by atoms with Crippen molar-refractivity contribution in [3.8, 4) is 0 Å². The minimum atomic E-state index is -0.210. The smallest absolute Gasteiger partial charge is 0.202 e. The molecule has 1 aromatic carbocycles. The predicted molar refractivity (Wildman–Crippen MR) is 91.9 cm³/mol. The van der Waals surface area contributed by atoms with Crippen LogP contribution in [0.5, 0.6) is 0 Å². The standard InChI is InChI=1S/C15H15BrN4S/c1-15(12-6-9(16)8-21-12)7-13-18-10-4-2-3-5-11(10)20(13)14(17)19-15/h2-5,8,12H,6-7H2,1H3,(H2,17,19)/t12?,15-/m0/s1. The summed E-state index contributed by atoms with van der Waals surface area (Å²) in [4.78, 5) is 9.59. The third-order valence-electron chi connectivity index (χ3n) is 4.18. The zero-order valence-corrected chi connectivity index (χ0v) is 14.0. The Morgan fingerprint density at radius 3 is 3.00 bits per heavy atom. The number of thioether (sulfide) groups is 1. The van der Waals surface area contributed by atoms with Crippen LogP contribution in [0.1, 0.15) is 19.2 Å². The van der Waals surface area contributed by atoms with E-state index in [0.29, 0.717) is 11.2 Å². The third kappa shape index (κ3) is 2.04. The number of fused-ring (bicyclic) bond motifs is 3. The van der Waals surface area contributed by atoms with Crippen LogP contribution in [-0.4, -0.2) is 26.3 Å². The molecule has 2 aromatic rings. The molecule has 2 atom stereocenters. The Bertz CT molecular complexity index is 794. The molecule has 0 fully saturated rings. The summed E-state index contributed by atoms with van der Waals surface area (Å²) >= 11 is 5.41. The van der Waals surface area contributed by atoms with Gasteiger partial charge in [0.15, 0.2) is 0 Å². The van der Waals surface area contributed by atoms with E-state index in [-0.39, 0.29) is 5.54 Å². The highest BCUT2D eigenvalue weighted by molar-refractivity contribution is 9.11. The highest BCUT2D eigenvalue weighted by Crippen LogP contribution is 2.43. The number of halogens is 1. The molecule has 0 bridgehead atoms. The number of nitrogens with zero attached hydrogens (tertiary/aromatic N) is 3. The Morgan fingerprint density at radius 2 is 2.24 bits per heavy atom. The molecule has 0 aliphatic carbocycles. The quantitative estimate of drug-likeness (QED) is 0.846. The molecule has 0 spiro atoms. The van der Waals surface area contributed by atoms with Crippen LogP contribution in [0, 0.1) is 0 Å². The summed E-state index contributed by atoms with van der Waals surface area (Å²) < 4.78 is 3.23. The van der Waals surface area contributed by atoms with Crippen LogP contribution in [-0.2, 0) is 6.42 Å². The molecule has 0 amide bonds. The van der Waals surface area contributed by atoms with Gasteiger partial charge >= 0.3 is 0 Å². The van der Waals surface area contributed by atoms with E-state index in [2.05, 4.69) is 28.3 Å². The van der Waals surface area contributed by atoms with E-state index < -0.39 is 0 Å². The Hall–Kier alpha value is -1.27. The summed E-state index contributed by atoms with van der Waals surface area (Å²) in [5.41, 5.74) is 8.08. The third-order valence-corrected chi connectivity index (χ3v) is 6.46. The molecule has 0 saturated heterocycles. The first kappa shape index (κ1) is 13.4. The molecule has 0 radical (unpaired) electrons. The van der Waals surface area contributed by atoms with E-state index in [1.807, 2.05) is 40.6 Å². The minimum absolute atomic E-state index is 0.210. The molecule has 2 aliphatic heterocycles. The van der Waals surface area contributed by atoms with Gasteiger partial charge in [-0.2, -0.15) is 0 Å². The van der Waals surface area contributed by atoms with Crippen LogP contribution in [0.15, 0.2) is 39.1 Å². The van der Waals surface area contributed by atoms with Gasteiger partial charge < -0.3 is 5.73 Å². The highest BCUT2D eigenvalue weighted by Gasteiger charge is 2.41. The number of aliphatic imine (C=N–C) groups is 1. The van der Waals surface area contributed by atoms with E-state index in [9.17, 15) is 0 Å². The van der Waals surface area contributed by atoms with Crippen molar-refractivity contribution in [2.75, 3.05) is 0 Å². The Kier molecular flexibility index (Phi) is 2.94. The maximum absolute atomic E-state index is 6.27. The first-order valence-electron chi connectivity index (χ1n) is 6.89. The molecule has 1 aromatic heterocycles. The van der Waals surface area contributed by atoms with Crippen LogP contribution in [0.3, 0.4) is 0 Å². The van der Waals surface area contributed by atoms with E-state index in [1.54, 1.807) is 0 Å². The molecule has 2 aliphatic rings. The molecular weight excluding hydrogens is 348 g/mol. The van der Waals surface area contributed by atoms with Crippen LogP contribution in [0.2, 0.25) is 0 Å². The van der Waals surface area contributed by atoms with Gasteiger partial charge in [-0.25, -0.2) is 9.98 Å². The predicted octanol–water partition coefficient (Wildman–Crippen LogP) is 3.26. The summed E-state index contributed by atoms with van der Waals surface area (Å²) in [5, 5.41) is 2.57. The number of nitrogens with two attached hydrogens (primary N) is 1. The molecule has 108 valence electrons. The number of aromatic nitrogens is 2. The van der Waals surface area contributed by atoms with Crippen molar-refractivity contribution in [2.45, 2.75) is 30.6 Å². The number of imidazole rings is 1. The van der Waals surface area contributed by atoms with Gasteiger partial charge in [0.2, 0.25) is 5.96 Å². The first-order chi connectivity index (χ1) is 10.1. The van der Waals surface area contributed by atoms with Crippen LogP contribution < -0.4 is 5.73 Å². The van der Waals surface area contributed by atoms with E-state index in [1.165, 1.54) is 4.48 Å². The number of para-hydroxylation sites is 2. The lowest BCUT2D eigenvalue weighted by Crippen LogP contribution is -2.45. The number of benzene rings is 1. The second-order valence-corrected chi connectivity index (χ2v) is 7.85. The van der Waals surface area contributed by atoms with Gasteiger partial charge in [0.05, 0.1) is 16.6 Å². The normalized spacial score (nSPS) is 28.4. The minimum Gasteiger partial charge on any atom is -0.369 e. The molecule has 0 saturated carbocycles. The fourth-order valence-corrected chi connectivity index (χ4v) is 5.08. The molecule has 21 heavy (non-hydrogen) atoms. The zero-order chi connectivity index (χ0) is 14.6. The van der Waals surface area contributed by atoms with E-state index in [0.717, 1.165) is 29.7 Å². The first-order valence-corrected chi connectivity index (χ1v) is 8.62. The number of hydrogen-bond donors (Lipinski definition) is 1. The molecule has 1 unspecified atom stereocenters. The second-order valence-electron chi connectivity index (χ2n) is 5.75. The van der Waals surface area contributed by atoms with Crippen LogP contribution >= 0.6 is 27.7 Å². The van der Waals surface area contributed by atoms with Crippen molar-refractivity contribution in [1.82, 2.24) is 9.55 Å². The maximum Gasteiger partial charge on any atom is 0.202 e. The highest BCUT2D eigenvalue weighted by atomic mass is 79.9. The molecular formula is C15H15BrN4S. The lowest BCUT2D eigenvalue weighted by atomic mass is 9.90. The average Bonchev–Trinajstić information content (AvgIpc) is 3.01. The van der Waals surface area contributed by atoms with Gasteiger partial charge in [-0.05, 0) is 30.9 Å². The summed E-state index contributed by atoms with van der Waals surface area (Å²) in [6, 6.07) is 8.07. The Labute approximate surface area is 135 Å². The Balaban J connectivity index is 1.80. The summed E-state index contributed by atoms with van der Waals surface area (Å²) in [5.74, 6) is 1.56. The monoisotopic (exact) mass is 362 g/mol. The van der Waals surface area contributed by atoms with E-state index >= 15 is 0 Å². The summed E-state index contributed by atoms with van der Waals surface area (Å²) in [6.07, 6.45) is 1.81. The van der Waals surface area contributed by atoms with Gasteiger partial charge in [-0.1, -0.05) is 28.1 Å². The van der Waals surface area contributed by atoms with Crippen molar-refractivity contribution < 1.29 is 0 Å². The average molecular weight is 363 g/mol. The zero-order valence-electron chi connectivity index (χ0n) is 11.6. The molecule has 4 rings (SSSR count). The van der Waals surface area contributed by atoms with Gasteiger partial charge in [0.25, 0.3) is 0 Å². The van der Waals surface area contributed by atoms with Crippen molar-refractivity contribution in [3.63, 3.8) is 0 Å². The fourth-order valence-electron chi connectivity index (χ4n) is 3.10. The second kappa shape index (κ2) is 4.61. The fraction of sp³-hybridized carbons (Fsp3) is 0.333. The number of allylic oxidation sites excluding steroid dienone is 1. The van der Waals surface area contributed by atoms with Gasteiger partial charge in [-0.15, -0.1) is 11.8 Å². The van der Waals surface area contributed by atoms with Crippen molar-refractivity contribution in [3.05, 3.63) is 40.0 Å². The SMILES string of the molecule is C[C@@]1(C2CC(Br)=CS2)Cc2nc3ccccc3n2C(N)=N1. The summed E-state index contributed by atoms with van der Waals surface area (Å²) in [7, 11) is 0. The van der Waals surface area contributed by atoms with E-state index in [4.69, 9.17) is 15.7 Å². The summed E-state index contributed by atoms with van der Waals surface area (Å²) in [6.45, 7) is 2.18. The molecule has 6 heteroatoms. The van der Waals surface area contributed by atoms with Gasteiger partial charge in [0.1, 0.15) is 5.82 Å². The van der Waals surface area contributed by atoms with Crippen LogP contribution in [0.4, 0.5) is 0 Å². The molecule has 3 heterocycles. The largest absolute Gasteiger partial charge is 0.369 e. The van der Waals surface area contributed by atoms with Gasteiger partial charge in [0, 0.05) is 16.2 Å². The Morgan fingerprint density at radius 1 is 1.43 bits per heavy atom. The lowest BCUT2D eigenvalue weighted by molar-refractivity contribution is 0.427. The van der Waals surface area contributed by atoms with Crippen molar-refractivity contribution in [2.24, 2.45) is 10.7 Å².